The van der Waals surface area contributed by atoms with Crippen molar-refractivity contribution in [2.75, 3.05) is 5.32 Å². The molecule has 0 unspecified atom stereocenters. The van der Waals surface area contributed by atoms with Crippen LogP contribution in [0.5, 0.6) is 0 Å². The van der Waals surface area contributed by atoms with Crippen LogP contribution in [0, 0.1) is 0 Å². The van der Waals surface area contributed by atoms with Crippen LogP contribution in [0.15, 0.2) is 53.2 Å². The number of aryl methyl sites for hydroxylation is 1. The largest absolute Gasteiger partial charge is 0.465 e. The fraction of sp³-hybridized carbons (Fsp3) is 0.222. The summed E-state index contributed by atoms with van der Waals surface area (Å²) in [7, 11) is 0. The highest BCUT2D eigenvalue weighted by molar-refractivity contribution is 5.96. The first-order chi connectivity index (χ1) is 11.1. The number of amides is 1. The zero-order chi connectivity index (χ0) is 16.7. The summed E-state index contributed by atoms with van der Waals surface area (Å²) in [5, 5.41) is 2.71. The van der Waals surface area contributed by atoms with Crippen LogP contribution in [0.3, 0.4) is 0 Å². The fourth-order valence-corrected chi connectivity index (χ4v) is 1.87. The lowest BCUT2D eigenvalue weighted by Crippen LogP contribution is -2.29. The Morgan fingerprint density at radius 1 is 1.26 bits per heavy atom. The molecule has 0 spiro atoms. The first kappa shape index (κ1) is 16.5. The Morgan fingerprint density at radius 3 is 2.61 bits per heavy atom. The van der Waals surface area contributed by atoms with Gasteiger partial charge in [0.25, 0.3) is 5.91 Å². The van der Waals surface area contributed by atoms with Crippen molar-refractivity contribution in [3.63, 3.8) is 0 Å². The molecule has 1 aromatic carbocycles. The van der Waals surface area contributed by atoms with Gasteiger partial charge in [-0.05, 0) is 49.2 Å². The standard InChI is InChI=1S/C18H19NO4/c1-3-14-6-8-15(9-7-14)19-18(21)13(2)23-17(20)11-10-16-5-4-12-22-16/h4-13H,3H2,1-2H3,(H,19,21)/b11-10+/t13-/m0/s1. The molecule has 0 fully saturated rings. The quantitative estimate of drug-likeness (QED) is 0.655. The van der Waals surface area contributed by atoms with Crippen LogP contribution >= 0.6 is 0 Å². The molecule has 1 amide bonds. The number of rotatable bonds is 6. The van der Waals surface area contributed by atoms with Crippen LogP contribution in [0.4, 0.5) is 5.69 Å². The van der Waals surface area contributed by atoms with Crippen LogP contribution in [0.1, 0.15) is 25.2 Å². The molecule has 5 nitrogen and oxygen atoms in total. The molecule has 1 heterocycles. The summed E-state index contributed by atoms with van der Waals surface area (Å²) in [6, 6.07) is 11.0. The predicted octanol–water partition coefficient (Wildman–Crippen LogP) is 3.43. The number of carbonyl (C=O) groups excluding carboxylic acids is 2. The van der Waals surface area contributed by atoms with Crippen molar-refractivity contribution in [1.82, 2.24) is 0 Å². The Morgan fingerprint density at radius 2 is 2.00 bits per heavy atom. The highest BCUT2D eigenvalue weighted by atomic mass is 16.5. The fourth-order valence-electron chi connectivity index (χ4n) is 1.87. The van der Waals surface area contributed by atoms with Gasteiger partial charge in [-0.25, -0.2) is 4.79 Å². The van der Waals surface area contributed by atoms with Crippen LogP contribution in [-0.2, 0) is 20.7 Å². The van der Waals surface area contributed by atoms with E-state index < -0.39 is 12.1 Å². The average molecular weight is 313 g/mol. The van der Waals surface area contributed by atoms with Crippen molar-refractivity contribution in [3.05, 3.63) is 60.1 Å². The molecular weight excluding hydrogens is 294 g/mol. The predicted molar refractivity (Wildman–Crippen MR) is 87.7 cm³/mol. The number of hydrogen-bond acceptors (Lipinski definition) is 4. The Hall–Kier alpha value is -2.82. The Labute approximate surface area is 134 Å². The molecule has 0 radical (unpaired) electrons. The molecule has 0 aliphatic heterocycles. The number of benzene rings is 1. The van der Waals surface area contributed by atoms with E-state index in [9.17, 15) is 9.59 Å². The molecule has 2 rings (SSSR count). The molecule has 0 saturated heterocycles. The monoisotopic (exact) mass is 313 g/mol. The van der Waals surface area contributed by atoms with Crippen molar-refractivity contribution < 1.29 is 18.7 Å². The van der Waals surface area contributed by atoms with E-state index in [4.69, 9.17) is 9.15 Å². The smallest absolute Gasteiger partial charge is 0.331 e. The Kier molecular flexibility index (Phi) is 5.74. The molecule has 2 aromatic rings. The van der Waals surface area contributed by atoms with E-state index in [2.05, 4.69) is 12.2 Å². The van der Waals surface area contributed by atoms with Crippen molar-refractivity contribution in [2.24, 2.45) is 0 Å². The van der Waals surface area contributed by atoms with Gasteiger partial charge in [-0.15, -0.1) is 0 Å². The normalized spacial score (nSPS) is 12.1. The van der Waals surface area contributed by atoms with E-state index in [-0.39, 0.29) is 5.91 Å². The number of hydrogen-bond donors (Lipinski definition) is 1. The van der Waals surface area contributed by atoms with Gasteiger partial charge >= 0.3 is 5.97 Å². The summed E-state index contributed by atoms with van der Waals surface area (Å²) >= 11 is 0. The molecule has 1 N–H and O–H groups in total. The van der Waals surface area contributed by atoms with Crippen LogP contribution in [0.25, 0.3) is 6.08 Å². The third-order valence-electron chi connectivity index (χ3n) is 3.22. The van der Waals surface area contributed by atoms with Crippen LogP contribution in [0.2, 0.25) is 0 Å². The highest BCUT2D eigenvalue weighted by Crippen LogP contribution is 2.11. The Balaban J connectivity index is 1.85. The van der Waals surface area contributed by atoms with Gasteiger partial charge in [-0.2, -0.15) is 0 Å². The second-order valence-electron chi connectivity index (χ2n) is 4.97. The van der Waals surface area contributed by atoms with Crippen molar-refractivity contribution in [1.29, 1.82) is 0 Å². The summed E-state index contributed by atoms with van der Waals surface area (Å²) in [5.74, 6) is -0.450. The van der Waals surface area contributed by atoms with Crippen molar-refractivity contribution >= 4 is 23.6 Å². The molecule has 0 saturated carbocycles. The minimum atomic E-state index is -0.894. The molecule has 0 bridgehead atoms. The zero-order valence-electron chi connectivity index (χ0n) is 13.1. The summed E-state index contributed by atoms with van der Waals surface area (Å²) in [5.41, 5.74) is 1.85. The number of furan rings is 1. The lowest BCUT2D eigenvalue weighted by Gasteiger charge is -2.12. The van der Waals surface area contributed by atoms with E-state index in [1.807, 2.05) is 24.3 Å². The van der Waals surface area contributed by atoms with Gasteiger partial charge in [-0.1, -0.05) is 19.1 Å². The molecule has 5 heteroatoms. The van der Waals surface area contributed by atoms with Gasteiger partial charge in [-0.3, -0.25) is 4.79 Å². The third-order valence-corrected chi connectivity index (χ3v) is 3.22. The number of ether oxygens (including phenoxy) is 1. The second-order valence-corrected chi connectivity index (χ2v) is 4.97. The maximum Gasteiger partial charge on any atom is 0.331 e. The van der Waals surface area contributed by atoms with E-state index in [0.29, 0.717) is 11.4 Å². The SMILES string of the molecule is CCc1ccc(NC(=O)[C@H](C)OC(=O)/C=C/c2ccco2)cc1. The molecule has 0 aliphatic carbocycles. The lowest BCUT2D eigenvalue weighted by molar-refractivity contribution is -0.148. The maximum absolute atomic E-state index is 12.0. The van der Waals surface area contributed by atoms with Crippen molar-refractivity contribution in [3.8, 4) is 0 Å². The average Bonchev–Trinajstić information content (AvgIpc) is 3.07. The number of nitrogens with one attached hydrogen (secondary N) is 1. The van der Waals surface area contributed by atoms with Crippen molar-refractivity contribution in [2.45, 2.75) is 26.4 Å². The molecule has 23 heavy (non-hydrogen) atoms. The van der Waals surface area contributed by atoms with Gasteiger partial charge in [0, 0.05) is 11.8 Å². The highest BCUT2D eigenvalue weighted by Gasteiger charge is 2.16. The van der Waals surface area contributed by atoms with Gasteiger partial charge in [0.1, 0.15) is 5.76 Å². The lowest BCUT2D eigenvalue weighted by atomic mass is 10.1. The van der Waals surface area contributed by atoms with Gasteiger partial charge in [0.2, 0.25) is 0 Å². The first-order valence-corrected chi connectivity index (χ1v) is 7.40. The topological polar surface area (TPSA) is 68.5 Å². The van der Waals surface area contributed by atoms with E-state index in [1.54, 1.807) is 12.1 Å². The maximum atomic E-state index is 12.0. The summed E-state index contributed by atoms with van der Waals surface area (Å²) < 4.78 is 10.1. The minimum Gasteiger partial charge on any atom is -0.465 e. The van der Waals surface area contributed by atoms with Gasteiger partial charge in [0.15, 0.2) is 6.10 Å². The second kappa shape index (κ2) is 7.98. The first-order valence-electron chi connectivity index (χ1n) is 7.40. The Bertz CT molecular complexity index is 672. The molecule has 0 aliphatic rings. The third kappa shape index (κ3) is 5.14. The van der Waals surface area contributed by atoms with E-state index >= 15 is 0 Å². The van der Waals surface area contributed by atoms with Crippen LogP contribution in [-0.4, -0.2) is 18.0 Å². The van der Waals surface area contributed by atoms with Gasteiger partial charge in [0.05, 0.1) is 6.26 Å². The molecule has 1 atom stereocenters. The summed E-state index contributed by atoms with van der Waals surface area (Å²) in [4.78, 5) is 23.7. The molecule has 120 valence electrons. The van der Waals surface area contributed by atoms with Gasteiger partial charge < -0.3 is 14.5 Å². The molecule has 1 aromatic heterocycles. The zero-order valence-corrected chi connectivity index (χ0v) is 13.1. The molecular formula is C18H19NO4. The minimum absolute atomic E-state index is 0.381. The number of anilines is 1. The summed E-state index contributed by atoms with van der Waals surface area (Å²) in [6.45, 7) is 3.58. The number of esters is 1. The van der Waals surface area contributed by atoms with Crippen LogP contribution < -0.4 is 5.32 Å². The summed E-state index contributed by atoms with van der Waals surface area (Å²) in [6.07, 6.45) is 4.25. The van der Waals surface area contributed by atoms with E-state index in [0.717, 1.165) is 6.42 Å². The van der Waals surface area contributed by atoms with E-state index in [1.165, 1.54) is 30.9 Å². The number of carbonyl (C=O) groups is 2.